The zero-order valence-corrected chi connectivity index (χ0v) is 7.25. The second-order valence-corrected chi connectivity index (χ2v) is 3.81. The average Bonchev–Trinajstić information content (AvgIpc) is 1.35. The lowest BCUT2D eigenvalue weighted by atomic mass is 10.2. The Morgan fingerprint density at radius 3 is 1.71 bits per heavy atom. The Balaban J connectivity index is 0. The van der Waals surface area contributed by atoms with Crippen LogP contribution in [0.4, 0.5) is 0 Å². The van der Waals surface area contributed by atoms with Crippen LogP contribution in [-0.4, -0.2) is 4.32 Å². The topological polar surface area (TPSA) is 0 Å². The Labute approximate surface area is 60.6 Å². The van der Waals surface area contributed by atoms with Crippen molar-refractivity contribution >= 4 is 29.4 Å². The molecule has 0 saturated carbocycles. The summed E-state index contributed by atoms with van der Waals surface area (Å²) >= 11 is 3.36. The molecule has 0 atom stereocenters. The van der Waals surface area contributed by atoms with Gasteiger partial charge in [0.2, 0.25) is 0 Å². The Bertz CT molecular complexity index is 53.6. The lowest BCUT2D eigenvalue weighted by Gasteiger charge is -2.05. The van der Waals surface area contributed by atoms with Crippen molar-refractivity contribution in [1.82, 2.24) is 0 Å². The van der Waals surface area contributed by atoms with Gasteiger partial charge in [-0.3, -0.25) is 0 Å². The Hall–Kier alpha value is 0.570. The van der Waals surface area contributed by atoms with Gasteiger partial charge in [0.25, 0.3) is 0 Å². The van der Waals surface area contributed by atoms with Gasteiger partial charge < -0.3 is 0 Å². The van der Waals surface area contributed by atoms with Gasteiger partial charge in [-0.1, -0.05) is 22.0 Å². The molecule has 0 amide bonds. The molecule has 7 heavy (non-hydrogen) atoms. The van der Waals surface area contributed by atoms with E-state index in [1.165, 1.54) is 0 Å². The zero-order valence-electron chi connectivity index (χ0n) is 4.66. The van der Waals surface area contributed by atoms with Crippen LogP contribution in [0.3, 0.4) is 0 Å². The molecule has 0 aliphatic heterocycles. The predicted molar refractivity (Wildman–Crippen MR) is 43.6 cm³/mol. The zero-order chi connectivity index (χ0) is 5.21. The number of allylic oxidation sites excluding steroid dienone is 1. The number of hydrogen-bond donors (Lipinski definition) is 0. The van der Waals surface area contributed by atoms with Crippen LogP contribution >= 0.6 is 29.4 Å². The number of rotatable bonds is 1. The minimum absolute atomic E-state index is 0. The van der Waals surface area contributed by atoms with Crippen LogP contribution < -0.4 is 0 Å². The van der Waals surface area contributed by atoms with Crippen LogP contribution in [0.15, 0.2) is 12.7 Å². The molecular weight excluding hydrogens is 172 g/mol. The fourth-order valence-electron chi connectivity index (χ4n) is 0. The quantitative estimate of drug-likeness (QED) is 0.432. The van der Waals surface area contributed by atoms with Gasteiger partial charge in [-0.15, -0.1) is 6.58 Å². The largest absolute Gasteiger partial charge is 0.197 e. The third-order valence-corrected chi connectivity index (χ3v) is 0.809. The van der Waals surface area contributed by atoms with E-state index in [0.29, 0.717) is 0 Å². The summed E-state index contributed by atoms with van der Waals surface area (Å²) in [5.41, 5.74) is 0. The monoisotopic (exact) mass is 182 g/mol. The third kappa shape index (κ3) is 10.8. The number of hydrogen-bond acceptors (Lipinski definition) is 0. The van der Waals surface area contributed by atoms with E-state index in [2.05, 4.69) is 22.5 Å². The molecule has 0 rings (SSSR count). The van der Waals surface area contributed by atoms with Crippen LogP contribution in [0.25, 0.3) is 0 Å². The summed E-state index contributed by atoms with van der Waals surface area (Å²) in [6.45, 7) is 7.67. The molecule has 0 aromatic heterocycles. The van der Waals surface area contributed by atoms with E-state index in [4.69, 9.17) is 0 Å². The van der Waals surface area contributed by atoms with Crippen molar-refractivity contribution in [2.75, 3.05) is 0 Å². The molecule has 0 N–H and O–H groups in total. The van der Waals surface area contributed by atoms with Gasteiger partial charge in [-0.05, 0) is 13.8 Å². The molecule has 44 valence electrons. The van der Waals surface area contributed by atoms with E-state index in [-0.39, 0.29) is 17.8 Å². The maximum absolute atomic E-state index is 3.59. The van der Waals surface area contributed by atoms with Crippen molar-refractivity contribution in [3.8, 4) is 0 Å². The van der Waals surface area contributed by atoms with E-state index in [0.717, 1.165) is 0 Å². The van der Waals surface area contributed by atoms with E-state index >= 15 is 0 Å². The first-order valence-electron chi connectivity index (χ1n) is 1.89. The fourth-order valence-corrected chi connectivity index (χ4v) is 0. The van der Waals surface area contributed by atoms with Crippen LogP contribution in [-0.2, 0) is 0 Å². The summed E-state index contributed by atoms with van der Waals surface area (Å²) in [5.74, 6) is 0. The molecule has 0 heterocycles. The molecule has 0 aromatic rings. The lowest BCUT2D eigenvalue weighted by Crippen LogP contribution is -2.00. The van der Waals surface area contributed by atoms with Gasteiger partial charge in [0.15, 0.2) is 0 Å². The van der Waals surface area contributed by atoms with Crippen LogP contribution in [0.5, 0.6) is 0 Å². The minimum Gasteiger partial charge on any atom is -0.197 e. The highest BCUT2D eigenvalue weighted by Gasteiger charge is 2.02. The van der Waals surface area contributed by atoms with Crippen LogP contribution in [0.1, 0.15) is 13.8 Å². The molecule has 0 aliphatic rings. The normalized spacial score (nSPS) is 9.57. The Morgan fingerprint density at radius 1 is 1.57 bits per heavy atom. The van der Waals surface area contributed by atoms with Gasteiger partial charge in [-0.2, -0.15) is 13.5 Å². The van der Waals surface area contributed by atoms with E-state index in [9.17, 15) is 0 Å². The molecule has 0 aromatic carbocycles. The van der Waals surface area contributed by atoms with E-state index < -0.39 is 0 Å². The maximum Gasteiger partial charge on any atom is 0.0377 e. The molecule has 2 heteroatoms. The molecule has 0 radical (unpaired) electrons. The van der Waals surface area contributed by atoms with Gasteiger partial charge in [0.1, 0.15) is 0 Å². The molecule has 0 aliphatic carbocycles. The smallest absolute Gasteiger partial charge is 0.0377 e. The standard InChI is InChI=1S/C5H9Br.H2S/c1-4-5(2,3)6;/h4H,1H2,2-3H3;1H2. The highest BCUT2D eigenvalue weighted by molar-refractivity contribution is 9.10. The summed E-state index contributed by atoms with van der Waals surface area (Å²) in [7, 11) is 0. The van der Waals surface area contributed by atoms with E-state index in [1.54, 1.807) is 0 Å². The van der Waals surface area contributed by atoms with Gasteiger partial charge in [-0.25, -0.2) is 0 Å². The van der Waals surface area contributed by atoms with Gasteiger partial charge in [0.05, 0.1) is 0 Å². The summed E-state index contributed by atoms with van der Waals surface area (Å²) in [6.07, 6.45) is 1.85. The summed E-state index contributed by atoms with van der Waals surface area (Å²) in [4.78, 5) is 0. The second kappa shape index (κ2) is 3.56. The third-order valence-electron chi connectivity index (χ3n) is 0.485. The summed E-state index contributed by atoms with van der Waals surface area (Å²) < 4.78 is 0.118. The van der Waals surface area contributed by atoms with Crippen molar-refractivity contribution in [2.24, 2.45) is 0 Å². The van der Waals surface area contributed by atoms with Gasteiger partial charge >= 0.3 is 0 Å². The first-order chi connectivity index (χ1) is 2.56. The van der Waals surface area contributed by atoms with Crippen molar-refractivity contribution in [3.63, 3.8) is 0 Å². The fraction of sp³-hybridized carbons (Fsp3) is 0.600. The Morgan fingerprint density at radius 2 is 1.71 bits per heavy atom. The average molecular weight is 183 g/mol. The van der Waals surface area contributed by atoms with Gasteiger partial charge in [0, 0.05) is 4.32 Å². The second-order valence-electron chi connectivity index (χ2n) is 1.77. The molecule has 0 saturated heterocycles. The summed E-state index contributed by atoms with van der Waals surface area (Å²) in [5, 5.41) is 0. The summed E-state index contributed by atoms with van der Waals surface area (Å²) in [6, 6.07) is 0. The van der Waals surface area contributed by atoms with Crippen LogP contribution in [0.2, 0.25) is 0 Å². The highest BCUT2D eigenvalue weighted by Crippen LogP contribution is 2.14. The minimum atomic E-state index is 0. The maximum atomic E-state index is 3.59. The SMILES string of the molecule is C=CC(C)(C)Br.S. The van der Waals surface area contributed by atoms with Crippen molar-refractivity contribution in [1.29, 1.82) is 0 Å². The molecule has 0 bridgehead atoms. The molecule has 0 nitrogen and oxygen atoms in total. The number of alkyl halides is 1. The van der Waals surface area contributed by atoms with Crippen molar-refractivity contribution < 1.29 is 0 Å². The predicted octanol–water partition coefficient (Wildman–Crippen LogP) is 2.46. The molecule has 0 spiro atoms. The lowest BCUT2D eigenvalue weighted by molar-refractivity contribution is 0.924. The Kier molecular flexibility index (Phi) is 5.35. The van der Waals surface area contributed by atoms with E-state index in [1.807, 2.05) is 19.9 Å². The molecule has 0 fully saturated rings. The van der Waals surface area contributed by atoms with Crippen molar-refractivity contribution in [2.45, 2.75) is 18.2 Å². The molecule has 0 unspecified atom stereocenters. The first-order valence-corrected chi connectivity index (χ1v) is 2.68. The van der Waals surface area contributed by atoms with Crippen LogP contribution in [0, 0.1) is 0 Å². The van der Waals surface area contributed by atoms with Crippen molar-refractivity contribution in [3.05, 3.63) is 12.7 Å². The first kappa shape index (κ1) is 10.5. The highest BCUT2D eigenvalue weighted by atomic mass is 79.9. The molecular formula is C5H11BrS. The number of halogens is 1.